The second-order valence-corrected chi connectivity index (χ2v) is 7.22. The standard InChI is InChI=1S/C20H15N3O4S/c21-12-15(13-22-19-10-3-6-14-5-1-2-9-18(14)19)20(24)23-16-7-4-8-17(11-16)28(25,26)27/h1-11,13,22H,(H,23,24)(H,25,26,27)/b15-13-. The fraction of sp³-hybridized carbons (Fsp3) is 0. The summed E-state index contributed by atoms with van der Waals surface area (Å²) in [6.07, 6.45) is 1.28. The molecule has 3 aromatic carbocycles. The van der Waals surface area contributed by atoms with Crippen LogP contribution in [0.5, 0.6) is 0 Å². The summed E-state index contributed by atoms with van der Waals surface area (Å²) in [5, 5.41) is 16.6. The van der Waals surface area contributed by atoms with Gasteiger partial charge < -0.3 is 10.6 Å². The zero-order chi connectivity index (χ0) is 20.1. The number of carbonyl (C=O) groups is 1. The average Bonchev–Trinajstić information content (AvgIpc) is 2.68. The van der Waals surface area contributed by atoms with Crippen LogP contribution in [0.1, 0.15) is 0 Å². The minimum Gasteiger partial charge on any atom is -0.360 e. The molecule has 0 aliphatic carbocycles. The van der Waals surface area contributed by atoms with Gasteiger partial charge in [0.1, 0.15) is 11.6 Å². The first-order valence-corrected chi connectivity index (χ1v) is 9.56. The molecule has 3 rings (SSSR count). The molecule has 3 aromatic rings. The third-order valence-corrected chi connectivity index (χ3v) is 4.77. The summed E-state index contributed by atoms with van der Waals surface area (Å²) >= 11 is 0. The first-order chi connectivity index (χ1) is 13.4. The number of carbonyl (C=O) groups excluding carboxylic acids is 1. The van der Waals surface area contributed by atoms with Gasteiger partial charge in [0.15, 0.2) is 0 Å². The fourth-order valence-corrected chi connectivity index (χ4v) is 3.11. The highest BCUT2D eigenvalue weighted by atomic mass is 32.2. The Labute approximate surface area is 161 Å². The lowest BCUT2D eigenvalue weighted by molar-refractivity contribution is -0.112. The number of fused-ring (bicyclic) bond motifs is 1. The number of nitrogens with zero attached hydrogens (tertiary/aromatic N) is 1. The molecule has 28 heavy (non-hydrogen) atoms. The highest BCUT2D eigenvalue weighted by Gasteiger charge is 2.13. The Balaban J connectivity index is 1.81. The summed E-state index contributed by atoms with van der Waals surface area (Å²) in [4.78, 5) is 12.0. The Kier molecular flexibility index (Phi) is 5.40. The van der Waals surface area contributed by atoms with Crippen molar-refractivity contribution in [1.82, 2.24) is 0 Å². The van der Waals surface area contributed by atoms with E-state index in [1.165, 1.54) is 24.4 Å². The summed E-state index contributed by atoms with van der Waals surface area (Å²) < 4.78 is 31.5. The van der Waals surface area contributed by atoms with Gasteiger partial charge in [0, 0.05) is 23.0 Å². The zero-order valence-corrected chi connectivity index (χ0v) is 15.3. The number of anilines is 2. The normalized spacial score (nSPS) is 11.6. The van der Waals surface area contributed by atoms with Gasteiger partial charge in [0.25, 0.3) is 16.0 Å². The first kappa shape index (κ1) is 19.1. The molecule has 0 aliphatic heterocycles. The van der Waals surface area contributed by atoms with Crippen molar-refractivity contribution in [2.45, 2.75) is 4.90 Å². The van der Waals surface area contributed by atoms with Gasteiger partial charge in [0.05, 0.1) is 4.90 Å². The maximum atomic E-state index is 12.3. The van der Waals surface area contributed by atoms with Crippen LogP contribution in [-0.4, -0.2) is 18.9 Å². The van der Waals surface area contributed by atoms with Crippen LogP contribution in [0.3, 0.4) is 0 Å². The molecule has 0 heterocycles. The van der Waals surface area contributed by atoms with Crippen molar-refractivity contribution in [2.24, 2.45) is 0 Å². The van der Waals surface area contributed by atoms with Gasteiger partial charge in [-0.25, -0.2) is 0 Å². The van der Waals surface area contributed by atoms with E-state index in [9.17, 15) is 18.5 Å². The predicted molar refractivity (Wildman–Crippen MR) is 106 cm³/mol. The van der Waals surface area contributed by atoms with E-state index in [4.69, 9.17) is 4.55 Å². The SMILES string of the molecule is N#C/C(=C/Nc1cccc2ccccc12)C(=O)Nc1cccc(S(=O)(=O)O)c1. The molecule has 0 radical (unpaired) electrons. The number of benzene rings is 3. The predicted octanol–water partition coefficient (Wildman–Crippen LogP) is 3.54. The molecule has 0 spiro atoms. The fourth-order valence-electron chi connectivity index (χ4n) is 2.58. The minimum atomic E-state index is -4.40. The van der Waals surface area contributed by atoms with E-state index in [1.807, 2.05) is 42.5 Å². The number of hydrogen-bond acceptors (Lipinski definition) is 5. The van der Waals surface area contributed by atoms with Crippen LogP contribution in [0, 0.1) is 11.3 Å². The topological polar surface area (TPSA) is 119 Å². The Morgan fingerprint density at radius 2 is 1.75 bits per heavy atom. The van der Waals surface area contributed by atoms with Gasteiger partial charge in [-0.2, -0.15) is 13.7 Å². The van der Waals surface area contributed by atoms with Crippen LogP contribution in [0.25, 0.3) is 10.8 Å². The van der Waals surface area contributed by atoms with E-state index in [1.54, 1.807) is 6.07 Å². The van der Waals surface area contributed by atoms with Crippen LogP contribution in [0.4, 0.5) is 11.4 Å². The summed E-state index contributed by atoms with van der Waals surface area (Å²) in [5.74, 6) is -0.720. The molecule has 140 valence electrons. The number of nitriles is 1. The van der Waals surface area contributed by atoms with E-state index >= 15 is 0 Å². The molecular weight excluding hydrogens is 378 g/mol. The monoisotopic (exact) mass is 393 g/mol. The van der Waals surface area contributed by atoms with E-state index in [0.29, 0.717) is 0 Å². The van der Waals surface area contributed by atoms with E-state index < -0.39 is 16.0 Å². The Morgan fingerprint density at radius 3 is 2.50 bits per heavy atom. The lowest BCUT2D eigenvalue weighted by Gasteiger charge is -2.08. The van der Waals surface area contributed by atoms with Crippen LogP contribution in [0.15, 0.2) is 83.4 Å². The van der Waals surface area contributed by atoms with E-state index in [2.05, 4.69) is 10.6 Å². The van der Waals surface area contributed by atoms with Gasteiger partial charge in [-0.1, -0.05) is 42.5 Å². The molecule has 0 atom stereocenters. The first-order valence-electron chi connectivity index (χ1n) is 8.12. The van der Waals surface area contributed by atoms with Gasteiger partial charge in [-0.15, -0.1) is 0 Å². The number of hydrogen-bond donors (Lipinski definition) is 3. The maximum Gasteiger partial charge on any atom is 0.294 e. The highest BCUT2D eigenvalue weighted by molar-refractivity contribution is 7.85. The second kappa shape index (κ2) is 7.92. The molecule has 0 bridgehead atoms. The molecule has 7 nitrogen and oxygen atoms in total. The quantitative estimate of drug-likeness (QED) is 0.346. The Bertz CT molecular complexity index is 1220. The van der Waals surface area contributed by atoms with E-state index in [-0.39, 0.29) is 16.2 Å². The number of nitrogens with one attached hydrogen (secondary N) is 2. The number of amides is 1. The summed E-state index contributed by atoms with van der Waals surface area (Å²) in [6, 6.07) is 20.2. The summed E-state index contributed by atoms with van der Waals surface area (Å²) in [6.45, 7) is 0. The smallest absolute Gasteiger partial charge is 0.294 e. The summed E-state index contributed by atoms with van der Waals surface area (Å²) in [5.41, 5.74) is 0.656. The van der Waals surface area contributed by atoms with Crippen LogP contribution < -0.4 is 10.6 Å². The molecule has 8 heteroatoms. The molecular formula is C20H15N3O4S. The van der Waals surface area contributed by atoms with Gasteiger partial charge in [-0.05, 0) is 29.7 Å². The van der Waals surface area contributed by atoms with Gasteiger partial charge in [0.2, 0.25) is 0 Å². The molecule has 0 fully saturated rings. The molecule has 0 aromatic heterocycles. The van der Waals surface area contributed by atoms with E-state index in [0.717, 1.165) is 22.5 Å². The Hall–Kier alpha value is -3.67. The molecule has 0 unspecified atom stereocenters. The third kappa shape index (κ3) is 4.35. The molecule has 0 saturated heterocycles. The zero-order valence-electron chi connectivity index (χ0n) is 14.5. The lowest BCUT2D eigenvalue weighted by atomic mass is 10.1. The van der Waals surface area contributed by atoms with Crippen molar-refractivity contribution in [1.29, 1.82) is 5.26 Å². The average molecular weight is 393 g/mol. The van der Waals surface area contributed by atoms with Crippen molar-refractivity contribution in [3.8, 4) is 6.07 Å². The van der Waals surface area contributed by atoms with Gasteiger partial charge >= 0.3 is 0 Å². The summed E-state index contributed by atoms with van der Waals surface area (Å²) in [7, 11) is -4.40. The van der Waals surface area contributed by atoms with Crippen molar-refractivity contribution in [3.05, 3.63) is 78.5 Å². The van der Waals surface area contributed by atoms with Crippen molar-refractivity contribution in [3.63, 3.8) is 0 Å². The van der Waals surface area contributed by atoms with Crippen molar-refractivity contribution >= 4 is 38.2 Å². The van der Waals surface area contributed by atoms with Crippen molar-refractivity contribution in [2.75, 3.05) is 10.6 Å². The lowest BCUT2D eigenvalue weighted by Crippen LogP contribution is -2.15. The van der Waals surface area contributed by atoms with Crippen molar-refractivity contribution < 1.29 is 17.8 Å². The van der Waals surface area contributed by atoms with Gasteiger partial charge in [-0.3, -0.25) is 9.35 Å². The van der Waals surface area contributed by atoms with Crippen LogP contribution in [0.2, 0.25) is 0 Å². The molecule has 0 saturated carbocycles. The molecule has 3 N–H and O–H groups in total. The number of rotatable bonds is 5. The third-order valence-electron chi connectivity index (χ3n) is 3.92. The minimum absolute atomic E-state index is 0.131. The highest BCUT2D eigenvalue weighted by Crippen LogP contribution is 2.23. The maximum absolute atomic E-state index is 12.3. The second-order valence-electron chi connectivity index (χ2n) is 5.80. The molecule has 1 amide bonds. The van der Waals surface area contributed by atoms with Crippen LogP contribution >= 0.6 is 0 Å². The largest absolute Gasteiger partial charge is 0.360 e. The Morgan fingerprint density at radius 1 is 1.04 bits per heavy atom. The molecule has 0 aliphatic rings. The van der Waals surface area contributed by atoms with Crippen LogP contribution in [-0.2, 0) is 14.9 Å².